The van der Waals surface area contributed by atoms with Crippen LogP contribution in [0.15, 0.2) is 78.9 Å². The molecule has 1 atom stereocenters. The maximum atomic E-state index is 15.6. The third kappa shape index (κ3) is 6.85. The number of esters is 3. The summed E-state index contributed by atoms with van der Waals surface area (Å²) in [6, 6.07) is 15.5. The maximum absolute atomic E-state index is 15.6. The van der Waals surface area contributed by atoms with Gasteiger partial charge in [-0.2, -0.15) is 0 Å². The zero-order valence-electron chi connectivity index (χ0n) is 24.6. The van der Waals surface area contributed by atoms with E-state index >= 15 is 4.39 Å². The summed E-state index contributed by atoms with van der Waals surface area (Å²) in [5, 5.41) is 0. The largest absolute Gasteiger partial charge is 0.462 e. The van der Waals surface area contributed by atoms with Crippen LogP contribution in [0.1, 0.15) is 58.1 Å². The molecule has 1 aliphatic rings. The van der Waals surface area contributed by atoms with Gasteiger partial charge in [-0.15, -0.1) is 0 Å². The molecule has 0 amide bonds. The average molecular weight is 571 g/mol. The minimum absolute atomic E-state index is 0.0152. The number of hydrogen-bond donors (Lipinski definition) is 0. The summed E-state index contributed by atoms with van der Waals surface area (Å²) in [4.78, 5) is 36.7. The molecule has 0 N–H and O–H groups in total. The average Bonchev–Trinajstić information content (AvgIpc) is 3.34. The Morgan fingerprint density at radius 1 is 0.833 bits per heavy atom. The predicted octanol–water partition coefficient (Wildman–Crippen LogP) is 7.74. The van der Waals surface area contributed by atoms with Crippen molar-refractivity contribution < 1.29 is 33.0 Å². The summed E-state index contributed by atoms with van der Waals surface area (Å²) >= 11 is 0. The lowest BCUT2D eigenvalue weighted by atomic mass is 9.95. The van der Waals surface area contributed by atoms with Gasteiger partial charge in [-0.05, 0) is 93.5 Å². The van der Waals surface area contributed by atoms with Crippen molar-refractivity contribution in [2.24, 2.45) is 5.41 Å². The highest BCUT2D eigenvalue weighted by Crippen LogP contribution is 2.39. The molecule has 218 valence electrons. The molecule has 4 rings (SSSR count). The molecule has 0 radical (unpaired) electrons. The van der Waals surface area contributed by atoms with Crippen molar-refractivity contribution in [3.63, 3.8) is 0 Å². The number of halogens is 1. The second-order valence-electron chi connectivity index (χ2n) is 11.7. The van der Waals surface area contributed by atoms with E-state index in [1.807, 2.05) is 24.3 Å². The summed E-state index contributed by atoms with van der Waals surface area (Å²) in [5.41, 5.74) is 4.27. The van der Waals surface area contributed by atoms with Gasteiger partial charge in [0.1, 0.15) is 5.82 Å². The van der Waals surface area contributed by atoms with Gasteiger partial charge in [0.2, 0.25) is 0 Å². The Kier molecular flexibility index (Phi) is 8.81. The van der Waals surface area contributed by atoms with Gasteiger partial charge in [-0.25, -0.2) is 14.0 Å². The molecule has 0 aromatic heterocycles. The third-order valence-corrected chi connectivity index (χ3v) is 7.04. The maximum Gasteiger partial charge on any atom is 0.338 e. The van der Waals surface area contributed by atoms with Crippen molar-refractivity contribution in [1.29, 1.82) is 0 Å². The fourth-order valence-electron chi connectivity index (χ4n) is 4.55. The normalized spacial score (nSPS) is 14.1. The Bertz CT molecular complexity index is 1590. The molecule has 3 aromatic carbocycles. The SMILES string of the molecule is C=C(C)C(=O)OCC1CCc2ccc(-c3ccc(-c4ccc(OC(=O)C(C)(C)C)c(OC(=O)C(=C)C)c4)c(F)c3)cc21. The first kappa shape index (κ1) is 30.4. The topological polar surface area (TPSA) is 78.9 Å². The highest BCUT2D eigenvalue weighted by Gasteiger charge is 2.27. The minimum Gasteiger partial charge on any atom is -0.462 e. The van der Waals surface area contributed by atoms with Crippen molar-refractivity contribution >= 4 is 17.9 Å². The lowest BCUT2D eigenvalue weighted by Crippen LogP contribution is -2.26. The Labute approximate surface area is 245 Å². The highest BCUT2D eigenvalue weighted by atomic mass is 19.1. The van der Waals surface area contributed by atoms with Crippen LogP contribution in [0.2, 0.25) is 0 Å². The van der Waals surface area contributed by atoms with Crippen molar-refractivity contribution in [2.45, 2.75) is 53.4 Å². The van der Waals surface area contributed by atoms with Crippen LogP contribution >= 0.6 is 0 Å². The summed E-state index contributed by atoms with van der Waals surface area (Å²) in [7, 11) is 0. The molecular formula is C35H35FO6. The third-order valence-electron chi connectivity index (χ3n) is 7.04. The van der Waals surface area contributed by atoms with Gasteiger partial charge in [0, 0.05) is 22.6 Å². The molecule has 42 heavy (non-hydrogen) atoms. The van der Waals surface area contributed by atoms with Crippen molar-refractivity contribution in [3.05, 3.63) is 95.8 Å². The summed E-state index contributed by atoms with van der Waals surface area (Å²) in [5.74, 6) is -1.99. The van der Waals surface area contributed by atoms with Gasteiger partial charge in [0.15, 0.2) is 11.5 Å². The monoisotopic (exact) mass is 570 g/mol. The molecule has 0 heterocycles. The van der Waals surface area contributed by atoms with E-state index < -0.39 is 29.1 Å². The van der Waals surface area contributed by atoms with Crippen molar-refractivity contribution in [1.82, 2.24) is 0 Å². The molecule has 6 nitrogen and oxygen atoms in total. The Morgan fingerprint density at radius 3 is 2.12 bits per heavy atom. The van der Waals surface area contributed by atoms with E-state index in [0.717, 1.165) is 24.0 Å². The summed E-state index contributed by atoms with van der Waals surface area (Å²) in [6.45, 7) is 15.7. The second kappa shape index (κ2) is 12.1. The van der Waals surface area contributed by atoms with Crippen LogP contribution in [-0.4, -0.2) is 24.5 Å². The van der Waals surface area contributed by atoms with Crippen LogP contribution in [0.25, 0.3) is 22.3 Å². The molecule has 0 fully saturated rings. The van der Waals surface area contributed by atoms with E-state index in [4.69, 9.17) is 14.2 Å². The number of rotatable bonds is 8. The van der Waals surface area contributed by atoms with E-state index in [-0.39, 0.29) is 35.2 Å². The number of hydrogen-bond acceptors (Lipinski definition) is 6. The van der Waals surface area contributed by atoms with Crippen LogP contribution in [0, 0.1) is 11.2 Å². The lowest BCUT2D eigenvalue weighted by Gasteiger charge is -2.18. The molecule has 0 aliphatic heterocycles. The highest BCUT2D eigenvalue weighted by molar-refractivity contribution is 5.90. The number of benzene rings is 3. The van der Waals surface area contributed by atoms with Crippen molar-refractivity contribution in [3.8, 4) is 33.8 Å². The van der Waals surface area contributed by atoms with E-state index in [0.29, 0.717) is 16.7 Å². The Morgan fingerprint density at radius 2 is 1.48 bits per heavy atom. The predicted molar refractivity (Wildman–Crippen MR) is 160 cm³/mol. The molecule has 0 saturated heterocycles. The molecular weight excluding hydrogens is 535 g/mol. The van der Waals surface area contributed by atoms with Gasteiger partial charge in [0.05, 0.1) is 12.0 Å². The Balaban J connectivity index is 1.63. The second-order valence-corrected chi connectivity index (χ2v) is 11.7. The molecule has 0 bridgehead atoms. The minimum atomic E-state index is -0.789. The number of carbonyl (C=O) groups is 3. The fourth-order valence-corrected chi connectivity index (χ4v) is 4.55. The first-order chi connectivity index (χ1) is 19.7. The number of fused-ring (bicyclic) bond motifs is 1. The Hall–Kier alpha value is -4.52. The van der Waals surface area contributed by atoms with E-state index in [9.17, 15) is 14.4 Å². The molecule has 1 unspecified atom stereocenters. The molecule has 3 aromatic rings. The lowest BCUT2D eigenvalue weighted by molar-refractivity contribution is -0.143. The van der Waals surface area contributed by atoms with Crippen LogP contribution in [0.3, 0.4) is 0 Å². The number of aryl methyl sites for hydroxylation is 1. The zero-order valence-corrected chi connectivity index (χ0v) is 24.6. The van der Waals surface area contributed by atoms with E-state index in [1.54, 1.807) is 39.8 Å². The van der Waals surface area contributed by atoms with E-state index in [1.165, 1.54) is 30.7 Å². The van der Waals surface area contributed by atoms with Gasteiger partial charge < -0.3 is 14.2 Å². The van der Waals surface area contributed by atoms with Crippen LogP contribution in [0.5, 0.6) is 11.5 Å². The fraction of sp³-hybridized carbons (Fsp3) is 0.286. The summed E-state index contributed by atoms with van der Waals surface area (Å²) < 4.78 is 31.9. The molecule has 1 aliphatic carbocycles. The van der Waals surface area contributed by atoms with Gasteiger partial charge >= 0.3 is 17.9 Å². The first-order valence-electron chi connectivity index (χ1n) is 13.7. The van der Waals surface area contributed by atoms with Gasteiger partial charge in [-0.1, -0.05) is 49.6 Å². The zero-order chi connectivity index (χ0) is 30.8. The molecule has 7 heteroatoms. The smallest absolute Gasteiger partial charge is 0.338 e. The summed E-state index contributed by atoms with van der Waals surface area (Å²) in [6.07, 6.45) is 1.76. The standard InChI is InChI=1S/C35H35FO6/c1-20(2)32(37)40-19-26-11-9-22-8-10-23(16-28(22)26)24-12-14-27(29(36)17-24)25-13-15-30(42-34(39)35(5,6)7)31(18-25)41-33(38)21(3)4/h8,10,12-18,26H,1,3,9,11,19H2,2,4-7H3. The van der Waals surface area contributed by atoms with Crippen LogP contribution < -0.4 is 9.47 Å². The van der Waals surface area contributed by atoms with Crippen LogP contribution in [-0.2, 0) is 25.5 Å². The number of ether oxygens (including phenoxy) is 3. The number of carbonyl (C=O) groups excluding carboxylic acids is 3. The van der Waals surface area contributed by atoms with Gasteiger partial charge in [0.25, 0.3) is 0 Å². The van der Waals surface area contributed by atoms with Gasteiger partial charge in [-0.3, -0.25) is 4.79 Å². The molecule has 0 spiro atoms. The van der Waals surface area contributed by atoms with Crippen molar-refractivity contribution in [2.75, 3.05) is 6.61 Å². The molecule has 0 saturated carbocycles. The van der Waals surface area contributed by atoms with E-state index in [2.05, 4.69) is 13.2 Å². The quantitative estimate of drug-likeness (QED) is 0.157. The van der Waals surface area contributed by atoms with Crippen LogP contribution in [0.4, 0.5) is 4.39 Å². The first-order valence-corrected chi connectivity index (χ1v) is 13.7.